The Bertz CT molecular complexity index is 381. The van der Waals surface area contributed by atoms with Crippen molar-refractivity contribution in [3.8, 4) is 17.6 Å². The summed E-state index contributed by atoms with van der Waals surface area (Å²) in [5.41, 5.74) is 6.27. The van der Waals surface area contributed by atoms with Crippen LogP contribution >= 0.6 is 11.8 Å². The van der Waals surface area contributed by atoms with Crippen molar-refractivity contribution in [2.75, 3.05) is 38.4 Å². The molecule has 0 aromatic heterocycles. The number of thioether (sulfide) groups is 1. The van der Waals surface area contributed by atoms with E-state index < -0.39 is 0 Å². The van der Waals surface area contributed by atoms with Gasteiger partial charge in [-0.25, -0.2) is 0 Å². The molecule has 0 aliphatic heterocycles. The van der Waals surface area contributed by atoms with E-state index in [1.165, 1.54) is 0 Å². The van der Waals surface area contributed by atoms with Crippen LogP contribution in [0.25, 0.3) is 0 Å². The van der Waals surface area contributed by atoms with Gasteiger partial charge >= 0.3 is 0 Å². The molecular weight excluding hydrogens is 246 g/mol. The Morgan fingerprint density at radius 1 is 1.17 bits per heavy atom. The third-order valence-electron chi connectivity index (χ3n) is 2.12. The van der Waals surface area contributed by atoms with Crippen LogP contribution in [0.5, 0.6) is 5.75 Å². The first-order valence-corrected chi connectivity index (χ1v) is 7.00. The fraction of sp³-hybridized carbons (Fsp3) is 0.429. The van der Waals surface area contributed by atoms with Crippen LogP contribution in [-0.4, -0.2) is 38.4 Å². The molecule has 0 saturated heterocycles. The van der Waals surface area contributed by atoms with Gasteiger partial charge in [-0.05, 0) is 24.3 Å². The van der Waals surface area contributed by atoms with Gasteiger partial charge in [-0.1, -0.05) is 11.8 Å². The van der Waals surface area contributed by atoms with Gasteiger partial charge in [0.05, 0.1) is 19.8 Å². The fourth-order valence-electron chi connectivity index (χ4n) is 1.25. The summed E-state index contributed by atoms with van der Waals surface area (Å²) >= 11 is 1.83. The van der Waals surface area contributed by atoms with Crippen molar-refractivity contribution in [3.63, 3.8) is 0 Å². The minimum Gasteiger partial charge on any atom is -0.493 e. The third kappa shape index (κ3) is 6.55. The molecule has 0 aliphatic rings. The van der Waals surface area contributed by atoms with Gasteiger partial charge in [-0.15, -0.1) is 0 Å². The lowest BCUT2D eigenvalue weighted by atomic mass is 10.2. The Kier molecular flexibility index (Phi) is 8.15. The molecule has 0 atom stereocenters. The van der Waals surface area contributed by atoms with Crippen LogP contribution in [0.2, 0.25) is 0 Å². The van der Waals surface area contributed by atoms with Gasteiger partial charge in [0.25, 0.3) is 0 Å². The molecule has 0 unspecified atom stereocenters. The van der Waals surface area contributed by atoms with Crippen molar-refractivity contribution >= 4 is 11.8 Å². The second-order valence-corrected chi connectivity index (χ2v) is 4.71. The Morgan fingerprint density at radius 2 is 1.89 bits per heavy atom. The zero-order chi connectivity index (χ0) is 13.1. The molecule has 1 aromatic carbocycles. The SMILES string of the molecule is COCCSCCOc1ccc(C#CCN)cc1. The quantitative estimate of drug-likeness (QED) is 0.602. The zero-order valence-electron chi connectivity index (χ0n) is 10.6. The molecule has 0 heterocycles. The number of rotatable bonds is 7. The molecule has 0 spiro atoms. The number of ether oxygens (including phenoxy) is 2. The Morgan fingerprint density at radius 3 is 2.56 bits per heavy atom. The predicted octanol–water partition coefficient (Wildman–Crippen LogP) is 1.76. The summed E-state index contributed by atoms with van der Waals surface area (Å²) in [6, 6.07) is 7.74. The van der Waals surface area contributed by atoms with Crippen LogP contribution in [0.1, 0.15) is 5.56 Å². The van der Waals surface area contributed by atoms with Gasteiger partial charge in [0.15, 0.2) is 0 Å². The number of benzene rings is 1. The highest BCUT2D eigenvalue weighted by Crippen LogP contribution is 2.12. The molecular formula is C14H19NO2S. The van der Waals surface area contributed by atoms with E-state index in [0.717, 1.165) is 29.4 Å². The second-order valence-electron chi connectivity index (χ2n) is 3.48. The first kappa shape index (κ1) is 14.9. The molecule has 0 aliphatic carbocycles. The average Bonchev–Trinajstić information content (AvgIpc) is 2.42. The molecule has 1 rings (SSSR count). The fourth-order valence-corrected chi connectivity index (χ4v) is 1.94. The van der Waals surface area contributed by atoms with Crippen LogP contribution in [0.4, 0.5) is 0 Å². The molecule has 18 heavy (non-hydrogen) atoms. The smallest absolute Gasteiger partial charge is 0.119 e. The Hall–Kier alpha value is -1.15. The number of methoxy groups -OCH3 is 1. The normalized spacial score (nSPS) is 9.67. The minimum atomic E-state index is 0.386. The summed E-state index contributed by atoms with van der Waals surface area (Å²) in [7, 11) is 1.71. The highest BCUT2D eigenvalue weighted by Gasteiger charge is 1.94. The summed E-state index contributed by atoms with van der Waals surface area (Å²) in [6.45, 7) is 1.89. The maximum Gasteiger partial charge on any atom is 0.119 e. The lowest BCUT2D eigenvalue weighted by molar-refractivity contribution is 0.218. The summed E-state index contributed by atoms with van der Waals surface area (Å²) in [5.74, 6) is 8.64. The van der Waals surface area contributed by atoms with Crippen molar-refractivity contribution in [2.45, 2.75) is 0 Å². The molecule has 0 fully saturated rings. The summed E-state index contributed by atoms with van der Waals surface area (Å²) in [5, 5.41) is 0. The lowest BCUT2D eigenvalue weighted by Crippen LogP contribution is -2.02. The monoisotopic (exact) mass is 265 g/mol. The van der Waals surface area contributed by atoms with Crippen LogP contribution in [0.3, 0.4) is 0 Å². The van der Waals surface area contributed by atoms with Gasteiger partial charge < -0.3 is 15.2 Å². The third-order valence-corrected chi connectivity index (χ3v) is 3.03. The summed E-state index contributed by atoms with van der Waals surface area (Å²) in [4.78, 5) is 0. The second kappa shape index (κ2) is 9.84. The predicted molar refractivity (Wildman–Crippen MR) is 77.1 cm³/mol. The Balaban J connectivity index is 2.22. The van der Waals surface area contributed by atoms with E-state index in [2.05, 4.69) is 11.8 Å². The van der Waals surface area contributed by atoms with Crippen molar-refractivity contribution < 1.29 is 9.47 Å². The Labute approximate surface area is 113 Å². The van der Waals surface area contributed by atoms with E-state index in [4.69, 9.17) is 15.2 Å². The maximum absolute atomic E-state index is 5.61. The molecule has 98 valence electrons. The van der Waals surface area contributed by atoms with Crippen molar-refractivity contribution in [1.29, 1.82) is 0 Å². The van der Waals surface area contributed by atoms with Crippen molar-refractivity contribution in [3.05, 3.63) is 29.8 Å². The summed E-state index contributed by atoms with van der Waals surface area (Å²) in [6.07, 6.45) is 0. The van der Waals surface area contributed by atoms with Crippen LogP contribution < -0.4 is 10.5 Å². The van der Waals surface area contributed by atoms with Gasteiger partial charge in [-0.2, -0.15) is 11.8 Å². The van der Waals surface area contributed by atoms with Crippen molar-refractivity contribution in [2.24, 2.45) is 5.73 Å². The molecule has 0 saturated carbocycles. The maximum atomic E-state index is 5.61. The van der Waals surface area contributed by atoms with Gasteiger partial charge in [0, 0.05) is 24.2 Å². The molecule has 2 N–H and O–H groups in total. The standard InChI is InChI=1S/C14H19NO2S/c1-16-9-11-18-12-10-17-14-6-4-13(5-7-14)3-2-8-15/h4-7H,8-12,15H2,1H3. The van der Waals surface area contributed by atoms with E-state index in [1.54, 1.807) is 7.11 Å². The van der Waals surface area contributed by atoms with E-state index in [0.29, 0.717) is 13.2 Å². The summed E-state index contributed by atoms with van der Waals surface area (Å²) < 4.78 is 10.6. The zero-order valence-corrected chi connectivity index (χ0v) is 11.5. The minimum absolute atomic E-state index is 0.386. The van der Waals surface area contributed by atoms with E-state index in [9.17, 15) is 0 Å². The van der Waals surface area contributed by atoms with Gasteiger partial charge in [-0.3, -0.25) is 0 Å². The highest BCUT2D eigenvalue weighted by molar-refractivity contribution is 7.99. The first-order chi connectivity index (χ1) is 8.86. The van der Waals surface area contributed by atoms with Gasteiger partial charge in [0.2, 0.25) is 0 Å². The largest absolute Gasteiger partial charge is 0.493 e. The number of hydrogen-bond donors (Lipinski definition) is 1. The molecule has 3 nitrogen and oxygen atoms in total. The van der Waals surface area contributed by atoms with E-state index >= 15 is 0 Å². The van der Waals surface area contributed by atoms with Crippen LogP contribution in [-0.2, 0) is 4.74 Å². The molecule has 0 radical (unpaired) electrons. The molecule has 4 heteroatoms. The van der Waals surface area contributed by atoms with E-state index in [-0.39, 0.29) is 0 Å². The first-order valence-electron chi connectivity index (χ1n) is 5.85. The topological polar surface area (TPSA) is 44.5 Å². The van der Waals surface area contributed by atoms with Gasteiger partial charge in [0.1, 0.15) is 5.75 Å². The van der Waals surface area contributed by atoms with E-state index in [1.807, 2.05) is 36.0 Å². The highest BCUT2D eigenvalue weighted by atomic mass is 32.2. The average molecular weight is 265 g/mol. The lowest BCUT2D eigenvalue weighted by Gasteiger charge is -2.05. The molecule has 0 amide bonds. The number of nitrogens with two attached hydrogens (primary N) is 1. The van der Waals surface area contributed by atoms with Crippen LogP contribution in [0, 0.1) is 11.8 Å². The number of hydrogen-bond acceptors (Lipinski definition) is 4. The molecule has 0 bridgehead atoms. The van der Waals surface area contributed by atoms with Crippen molar-refractivity contribution in [1.82, 2.24) is 0 Å². The van der Waals surface area contributed by atoms with Crippen LogP contribution in [0.15, 0.2) is 24.3 Å². The molecule has 1 aromatic rings.